The van der Waals surface area contributed by atoms with Gasteiger partial charge < -0.3 is 15.2 Å². The van der Waals surface area contributed by atoms with Gasteiger partial charge in [0.25, 0.3) is 0 Å². The molecule has 102 valence electrons. The maximum atomic E-state index is 11.3. The van der Waals surface area contributed by atoms with Crippen LogP contribution in [-0.2, 0) is 15.7 Å². The lowest BCUT2D eigenvalue weighted by Gasteiger charge is -2.25. The lowest BCUT2D eigenvalue weighted by molar-refractivity contribution is 0.293. The van der Waals surface area contributed by atoms with Gasteiger partial charge in [0.2, 0.25) is 0 Å². The Bertz CT molecular complexity index is 431. The molecule has 5 heteroatoms. The van der Waals surface area contributed by atoms with Crippen molar-refractivity contribution in [3.8, 4) is 0 Å². The van der Waals surface area contributed by atoms with E-state index in [1.807, 2.05) is 18.2 Å². The third kappa shape index (κ3) is 3.63. The summed E-state index contributed by atoms with van der Waals surface area (Å²) >= 11 is 0. The molecule has 0 saturated carbocycles. The second-order valence-electron chi connectivity index (χ2n) is 5.38. The van der Waals surface area contributed by atoms with Crippen LogP contribution in [0.15, 0.2) is 35.4 Å². The second kappa shape index (κ2) is 5.61. The Balaban J connectivity index is 3.17. The third-order valence-electron chi connectivity index (χ3n) is 2.79. The van der Waals surface area contributed by atoms with E-state index in [0.29, 0.717) is 17.2 Å². The predicted octanol–water partition coefficient (Wildman–Crippen LogP) is 1.80. The summed E-state index contributed by atoms with van der Waals surface area (Å²) < 4.78 is 19.4. The maximum Gasteiger partial charge on any atom is 0.165 e. The van der Waals surface area contributed by atoms with Crippen LogP contribution in [0.2, 0.25) is 0 Å². The molecule has 0 aromatic heterocycles. The minimum absolute atomic E-state index is 0.0702. The van der Waals surface area contributed by atoms with Crippen molar-refractivity contribution in [2.24, 2.45) is 17.1 Å². The van der Waals surface area contributed by atoms with Crippen molar-refractivity contribution in [2.45, 2.75) is 20.8 Å². The number of hydrogen-bond donors (Lipinski definition) is 2. The molecule has 1 rings (SSSR count). The first-order valence-electron chi connectivity index (χ1n) is 5.80. The van der Waals surface area contributed by atoms with Gasteiger partial charge in [-0.3, -0.25) is 0 Å². The molecule has 0 aromatic rings. The van der Waals surface area contributed by atoms with Crippen LogP contribution in [-0.4, -0.2) is 17.6 Å². The van der Waals surface area contributed by atoms with Crippen molar-refractivity contribution in [1.82, 2.24) is 4.72 Å². The quantitative estimate of drug-likeness (QED) is 0.822. The standard InChI is InChI=1S/C13H22N2O2S/c1-13(2,3)9-6-7-11(15-18(5)16)12(17-4)10(14)8-9/h6-9,15H,14H2,1-5H3. The van der Waals surface area contributed by atoms with Crippen LogP contribution in [0.25, 0.3) is 0 Å². The summed E-state index contributed by atoms with van der Waals surface area (Å²) in [5, 5.41) is 0. The minimum Gasteiger partial charge on any atom is -0.492 e. The molecule has 0 spiro atoms. The Morgan fingerprint density at radius 2 is 2.06 bits per heavy atom. The zero-order valence-corrected chi connectivity index (χ0v) is 12.4. The molecule has 2 atom stereocenters. The van der Waals surface area contributed by atoms with E-state index in [1.54, 1.807) is 13.4 Å². The van der Waals surface area contributed by atoms with E-state index in [1.165, 1.54) is 0 Å². The Morgan fingerprint density at radius 1 is 1.44 bits per heavy atom. The first-order valence-corrected chi connectivity index (χ1v) is 7.35. The largest absolute Gasteiger partial charge is 0.492 e. The minimum atomic E-state index is -1.16. The lowest BCUT2D eigenvalue weighted by Crippen LogP contribution is -2.18. The van der Waals surface area contributed by atoms with Crippen molar-refractivity contribution >= 4 is 11.0 Å². The number of rotatable bonds is 3. The zero-order chi connectivity index (χ0) is 13.9. The molecule has 0 aliphatic heterocycles. The molecule has 0 fully saturated rings. The molecule has 2 unspecified atom stereocenters. The average Bonchev–Trinajstić information content (AvgIpc) is 2.36. The van der Waals surface area contributed by atoms with Crippen LogP contribution in [0.4, 0.5) is 0 Å². The van der Waals surface area contributed by atoms with Crippen LogP contribution in [0.3, 0.4) is 0 Å². The molecule has 0 bridgehead atoms. The van der Waals surface area contributed by atoms with Crippen molar-refractivity contribution in [3.05, 3.63) is 35.4 Å². The second-order valence-corrected chi connectivity index (χ2v) is 6.49. The van der Waals surface area contributed by atoms with Gasteiger partial charge >= 0.3 is 0 Å². The predicted molar refractivity (Wildman–Crippen MR) is 75.6 cm³/mol. The molecule has 3 N–H and O–H groups in total. The normalized spacial score (nSPS) is 22.3. The molecule has 18 heavy (non-hydrogen) atoms. The number of allylic oxidation sites excluding steroid dienone is 3. The summed E-state index contributed by atoms with van der Waals surface area (Å²) in [5.74, 6) is 0.737. The van der Waals surface area contributed by atoms with Gasteiger partial charge in [0.15, 0.2) is 5.76 Å². The summed E-state index contributed by atoms with van der Waals surface area (Å²) in [7, 11) is 0.395. The molecular weight excluding hydrogens is 248 g/mol. The number of nitrogens with one attached hydrogen (secondary N) is 1. The first-order chi connectivity index (χ1) is 8.25. The highest BCUT2D eigenvalue weighted by Crippen LogP contribution is 2.32. The SMILES string of the molecule is COC1=C(NS(C)=O)C=CC(C(C)(C)C)C=C1N. The smallest absolute Gasteiger partial charge is 0.165 e. The van der Waals surface area contributed by atoms with Gasteiger partial charge in [0.05, 0.1) is 18.5 Å². The first kappa shape index (κ1) is 14.8. The Hall–Kier alpha value is -1.23. The summed E-state index contributed by atoms with van der Waals surface area (Å²) in [6.45, 7) is 6.44. The van der Waals surface area contributed by atoms with E-state index in [0.717, 1.165) is 0 Å². The van der Waals surface area contributed by atoms with Crippen LogP contribution >= 0.6 is 0 Å². The number of ether oxygens (including phenoxy) is 1. The molecule has 0 aromatic carbocycles. The molecular formula is C13H22N2O2S. The fraction of sp³-hybridized carbons (Fsp3) is 0.538. The maximum absolute atomic E-state index is 11.3. The van der Waals surface area contributed by atoms with E-state index >= 15 is 0 Å². The third-order valence-corrected chi connectivity index (χ3v) is 3.30. The van der Waals surface area contributed by atoms with E-state index in [-0.39, 0.29) is 11.3 Å². The van der Waals surface area contributed by atoms with Crippen LogP contribution in [0.1, 0.15) is 20.8 Å². The van der Waals surface area contributed by atoms with Crippen molar-refractivity contribution < 1.29 is 8.95 Å². The van der Waals surface area contributed by atoms with E-state index in [2.05, 4.69) is 25.5 Å². The zero-order valence-electron chi connectivity index (χ0n) is 11.6. The van der Waals surface area contributed by atoms with Crippen molar-refractivity contribution in [2.75, 3.05) is 13.4 Å². The molecule has 0 amide bonds. The highest BCUT2D eigenvalue weighted by molar-refractivity contribution is 7.82. The monoisotopic (exact) mass is 270 g/mol. The van der Waals surface area contributed by atoms with Gasteiger partial charge in [-0.15, -0.1) is 0 Å². The van der Waals surface area contributed by atoms with E-state index in [4.69, 9.17) is 10.5 Å². The molecule has 0 radical (unpaired) electrons. The Morgan fingerprint density at radius 3 is 2.50 bits per heavy atom. The highest BCUT2D eigenvalue weighted by atomic mass is 32.2. The Labute approximate surface area is 112 Å². The molecule has 1 aliphatic carbocycles. The number of nitrogens with two attached hydrogens (primary N) is 1. The van der Waals surface area contributed by atoms with Gasteiger partial charge in [-0.25, -0.2) is 4.21 Å². The van der Waals surface area contributed by atoms with Gasteiger partial charge in [-0.2, -0.15) is 0 Å². The van der Waals surface area contributed by atoms with E-state index < -0.39 is 11.0 Å². The summed E-state index contributed by atoms with van der Waals surface area (Å²) in [6, 6.07) is 0. The summed E-state index contributed by atoms with van der Waals surface area (Å²) in [6.07, 6.45) is 7.48. The molecule has 4 nitrogen and oxygen atoms in total. The number of methoxy groups -OCH3 is 1. The van der Waals surface area contributed by atoms with Gasteiger partial charge in [-0.05, 0) is 11.5 Å². The summed E-state index contributed by atoms with van der Waals surface area (Å²) in [4.78, 5) is 0. The molecule has 0 saturated heterocycles. The molecule has 1 aliphatic rings. The lowest BCUT2D eigenvalue weighted by atomic mass is 9.80. The van der Waals surface area contributed by atoms with Gasteiger partial charge in [0.1, 0.15) is 11.0 Å². The highest BCUT2D eigenvalue weighted by Gasteiger charge is 2.24. The fourth-order valence-corrected chi connectivity index (χ4v) is 2.23. The number of hydrogen-bond acceptors (Lipinski definition) is 3. The fourth-order valence-electron chi connectivity index (χ4n) is 1.76. The van der Waals surface area contributed by atoms with Gasteiger partial charge in [0, 0.05) is 12.2 Å². The summed E-state index contributed by atoms with van der Waals surface area (Å²) in [5.41, 5.74) is 7.33. The molecule has 0 heterocycles. The van der Waals surface area contributed by atoms with Crippen LogP contribution in [0.5, 0.6) is 0 Å². The van der Waals surface area contributed by atoms with Crippen molar-refractivity contribution in [3.63, 3.8) is 0 Å². The topological polar surface area (TPSA) is 64.3 Å². The van der Waals surface area contributed by atoms with Gasteiger partial charge in [-0.1, -0.05) is 32.9 Å². The van der Waals surface area contributed by atoms with Crippen LogP contribution in [0, 0.1) is 11.3 Å². The average molecular weight is 270 g/mol. The van der Waals surface area contributed by atoms with Crippen LogP contribution < -0.4 is 10.5 Å². The van der Waals surface area contributed by atoms with Crippen molar-refractivity contribution in [1.29, 1.82) is 0 Å². The Kier molecular flexibility index (Phi) is 4.62. The van der Waals surface area contributed by atoms with E-state index in [9.17, 15) is 4.21 Å².